The highest BCUT2D eigenvalue weighted by atomic mass is 16.5. The molecule has 0 unspecified atom stereocenters. The van der Waals surface area contributed by atoms with E-state index in [4.69, 9.17) is 14.6 Å². The van der Waals surface area contributed by atoms with E-state index in [1.54, 1.807) is 13.2 Å². The van der Waals surface area contributed by atoms with Crippen molar-refractivity contribution in [2.24, 2.45) is 5.10 Å². The molecular formula is C23H27N3O3. The van der Waals surface area contributed by atoms with Gasteiger partial charge in [0.25, 0.3) is 0 Å². The molecule has 2 aromatic carbocycles. The van der Waals surface area contributed by atoms with Gasteiger partial charge >= 0.3 is 0 Å². The van der Waals surface area contributed by atoms with E-state index in [0.717, 1.165) is 55.9 Å². The predicted octanol–water partition coefficient (Wildman–Crippen LogP) is 3.76. The fourth-order valence-electron chi connectivity index (χ4n) is 4.81. The van der Waals surface area contributed by atoms with Crippen molar-refractivity contribution in [1.29, 1.82) is 0 Å². The number of hydrogen-bond acceptors (Lipinski definition) is 6. The van der Waals surface area contributed by atoms with E-state index < -0.39 is 5.72 Å². The van der Waals surface area contributed by atoms with E-state index in [1.165, 1.54) is 5.56 Å². The molecule has 1 atom stereocenters. The third kappa shape index (κ3) is 2.94. The van der Waals surface area contributed by atoms with Crippen molar-refractivity contribution in [2.45, 2.75) is 38.0 Å². The number of phenols is 1. The second kappa shape index (κ2) is 6.95. The minimum absolute atomic E-state index is 0.143. The molecule has 3 aliphatic rings. The van der Waals surface area contributed by atoms with Gasteiger partial charge in [0.2, 0.25) is 5.72 Å². The molecule has 0 saturated carbocycles. The van der Waals surface area contributed by atoms with Crippen LogP contribution in [0.1, 0.15) is 43.4 Å². The number of fused-ring (bicyclic) bond motifs is 4. The number of ether oxygens (including phenoxy) is 2. The monoisotopic (exact) mass is 393 g/mol. The lowest BCUT2D eigenvalue weighted by Gasteiger charge is -2.51. The second-order valence-electron chi connectivity index (χ2n) is 8.02. The maximum absolute atomic E-state index is 9.96. The highest BCUT2D eigenvalue weighted by molar-refractivity contribution is 6.02. The standard InChI is InChI=1S/C23H27N3O3/c1-3-25-12-10-23(11-13-25)26-19(17-6-4-5-7-21(17)29-23)15-18(24-26)16-8-9-20(27)22(14-16)28-2/h4-9,14,19,27H,3,10-13,15H2,1-2H3/t19-/m1/s1. The third-order valence-corrected chi connectivity index (χ3v) is 6.50. The largest absolute Gasteiger partial charge is 0.504 e. The molecule has 6 heteroatoms. The first-order valence-corrected chi connectivity index (χ1v) is 10.4. The van der Waals surface area contributed by atoms with E-state index in [2.05, 4.69) is 35.0 Å². The van der Waals surface area contributed by atoms with Crippen molar-refractivity contribution in [2.75, 3.05) is 26.7 Å². The van der Waals surface area contributed by atoms with Gasteiger partial charge in [0.1, 0.15) is 5.75 Å². The first-order chi connectivity index (χ1) is 14.1. The normalized spacial score (nSPS) is 22.6. The third-order valence-electron chi connectivity index (χ3n) is 6.50. The lowest BCUT2D eigenvalue weighted by atomic mass is 9.90. The highest BCUT2D eigenvalue weighted by Crippen LogP contribution is 2.50. The lowest BCUT2D eigenvalue weighted by molar-refractivity contribution is -0.149. The number of phenolic OH excluding ortho intramolecular Hbond substituents is 1. The SMILES string of the molecule is CCN1CCC2(CC1)Oc1ccccc1[C@H]1CC(c3ccc(O)c(OC)c3)=NN12. The molecule has 1 saturated heterocycles. The number of piperidine rings is 1. The molecule has 0 aromatic heterocycles. The van der Waals surface area contributed by atoms with Gasteiger partial charge in [-0.2, -0.15) is 5.10 Å². The van der Waals surface area contributed by atoms with Crippen molar-refractivity contribution in [1.82, 2.24) is 9.91 Å². The summed E-state index contributed by atoms with van der Waals surface area (Å²) in [6, 6.07) is 14.0. The molecule has 2 aromatic rings. The van der Waals surface area contributed by atoms with E-state index in [9.17, 15) is 5.11 Å². The molecule has 6 nitrogen and oxygen atoms in total. The van der Waals surface area contributed by atoms with Crippen LogP contribution in [0, 0.1) is 0 Å². The van der Waals surface area contributed by atoms with E-state index in [-0.39, 0.29) is 11.8 Å². The van der Waals surface area contributed by atoms with Crippen molar-refractivity contribution in [3.63, 3.8) is 0 Å². The number of hydrazone groups is 1. The molecule has 5 rings (SSSR count). The Balaban J connectivity index is 1.54. The predicted molar refractivity (Wildman–Crippen MR) is 112 cm³/mol. The maximum Gasteiger partial charge on any atom is 0.200 e. The number of methoxy groups -OCH3 is 1. The average molecular weight is 393 g/mol. The van der Waals surface area contributed by atoms with Gasteiger partial charge in [-0.05, 0) is 30.8 Å². The smallest absolute Gasteiger partial charge is 0.200 e. The summed E-state index contributed by atoms with van der Waals surface area (Å²) >= 11 is 0. The number of hydrogen-bond donors (Lipinski definition) is 1. The fourth-order valence-corrected chi connectivity index (χ4v) is 4.81. The van der Waals surface area contributed by atoms with Gasteiger partial charge < -0.3 is 19.5 Å². The van der Waals surface area contributed by atoms with Crippen LogP contribution in [0.2, 0.25) is 0 Å². The van der Waals surface area contributed by atoms with Gasteiger partial charge in [-0.1, -0.05) is 25.1 Å². The van der Waals surface area contributed by atoms with Gasteiger partial charge in [0.15, 0.2) is 11.5 Å². The minimum Gasteiger partial charge on any atom is -0.504 e. The summed E-state index contributed by atoms with van der Waals surface area (Å²) < 4.78 is 11.9. The Morgan fingerprint density at radius 1 is 1.21 bits per heavy atom. The number of likely N-dealkylation sites (tertiary alicyclic amines) is 1. The molecule has 29 heavy (non-hydrogen) atoms. The van der Waals surface area contributed by atoms with Crippen LogP contribution in [0.15, 0.2) is 47.6 Å². The zero-order chi connectivity index (χ0) is 20.0. The molecule has 0 bridgehead atoms. The number of para-hydroxylation sites is 1. The van der Waals surface area contributed by atoms with Crippen molar-refractivity contribution < 1.29 is 14.6 Å². The van der Waals surface area contributed by atoms with Crippen molar-refractivity contribution in [3.8, 4) is 17.2 Å². The van der Waals surface area contributed by atoms with Gasteiger partial charge in [0, 0.05) is 43.5 Å². The minimum atomic E-state index is -0.395. The van der Waals surface area contributed by atoms with Crippen LogP contribution in [-0.4, -0.2) is 53.2 Å². The van der Waals surface area contributed by atoms with Crippen LogP contribution in [0.3, 0.4) is 0 Å². The van der Waals surface area contributed by atoms with Gasteiger partial charge in [0.05, 0.1) is 18.9 Å². The first-order valence-electron chi connectivity index (χ1n) is 10.4. The van der Waals surface area contributed by atoms with Crippen LogP contribution >= 0.6 is 0 Å². The first kappa shape index (κ1) is 18.3. The molecular weight excluding hydrogens is 366 g/mol. The van der Waals surface area contributed by atoms with Gasteiger partial charge in [-0.15, -0.1) is 0 Å². The zero-order valence-corrected chi connectivity index (χ0v) is 17.0. The Kier molecular flexibility index (Phi) is 4.39. The molecule has 0 radical (unpaired) electrons. The second-order valence-corrected chi connectivity index (χ2v) is 8.02. The van der Waals surface area contributed by atoms with Gasteiger partial charge in [-0.3, -0.25) is 0 Å². The molecule has 0 aliphatic carbocycles. The van der Waals surface area contributed by atoms with Crippen LogP contribution in [-0.2, 0) is 0 Å². The molecule has 0 amide bonds. The summed E-state index contributed by atoms with van der Waals surface area (Å²) in [5, 5.41) is 17.3. The molecule has 1 fully saturated rings. The molecule has 3 heterocycles. The number of nitrogens with zero attached hydrogens (tertiary/aromatic N) is 3. The summed E-state index contributed by atoms with van der Waals surface area (Å²) in [5.74, 6) is 1.60. The van der Waals surface area contributed by atoms with Crippen molar-refractivity contribution >= 4 is 5.71 Å². The summed E-state index contributed by atoms with van der Waals surface area (Å²) in [7, 11) is 1.57. The molecule has 1 N–H and O–H groups in total. The van der Waals surface area contributed by atoms with E-state index in [0.29, 0.717) is 5.75 Å². The fraction of sp³-hybridized carbons (Fsp3) is 0.435. The average Bonchev–Trinajstić information content (AvgIpc) is 3.22. The lowest BCUT2D eigenvalue weighted by Crippen LogP contribution is -2.59. The topological polar surface area (TPSA) is 57.5 Å². The maximum atomic E-state index is 9.96. The van der Waals surface area contributed by atoms with Crippen LogP contribution < -0.4 is 9.47 Å². The summed E-state index contributed by atoms with van der Waals surface area (Å²) in [4.78, 5) is 2.47. The Bertz CT molecular complexity index is 950. The summed E-state index contributed by atoms with van der Waals surface area (Å²) in [6.07, 6.45) is 2.68. The molecule has 1 spiro atoms. The van der Waals surface area contributed by atoms with Crippen LogP contribution in [0.4, 0.5) is 0 Å². The highest BCUT2D eigenvalue weighted by Gasteiger charge is 2.51. The van der Waals surface area contributed by atoms with Crippen LogP contribution in [0.25, 0.3) is 0 Å². The number of aromatic hydroxyl groups is 1. The number of rotatable bonds is 3. The molecule has 152 valence electrons. The Morgan fingerprint density at radius 3 is 2.76 bits per heavy atom. The number of benzene rings is 2. The molecule has 3 aliphatic heterocycles. The quantitative estimate of drug-likeness (QED) is 0.861. The van der Waals surface area contributed by atoms with Crippen LogP contribution in [0.5, 0.6) is 17.2 Å². The Morgan fingerprint density at radius 2 is 2.00 bits per heavy atom. The summed E-state index contributed by atoms with van der Waals surface area (Å²) in [5.41, 5.74) is 2.78. The summed E-state index contributed by atoms with van der Waals surface area (Å²) in [6.45, 7) is 5.31. The Hall–Kier alpha value is -2.73. The van der Waals surface area contributed by atoms with Crippen molar-refractivity contribution in [3.05, 3.63) is 53.6 Å². The van der Waals surface area contributed by atoms with E-state index in [1.807, 2.05) is 18.2 Å². The zero-order valence-electron chi connectivity index (χ0n) is 17.0. The van der Waals surface area contributed by atoms with Gasteiger partial charge in [-0.25, -0.2) is 5.01 Å². The Labute approximate surface area is 171 Å². The van der Waals surface area contributed by atoms with E-state index >= 15 is 0 Å².